The van der Waals surface area contributed by atoms with Gasteiger partial charge in [0.1, 0.15) is 12.1 Å². The number of urea groups is 1. The molecule has 30 heavy (non-hydrogen) atoms. The first-order valence-corrected chi connectivity index (χ1v) is 10.2. The Bertz CT molecular complexity index is 859. The summed E-state index contributed by atoms with van der Waals surface area (Å²) in [6, 6.07) is 17.8. The molecule has 4 amide bonds. The minimum absolute atomic E-state index is 0.171. The zero-order chi connectivity index (χ0) is 21.4. The molecule has 1 unspecified atom stereocenters. The third-order valence-electron chi connectivity index (χ3n) is 5.37. The monoisotopic (exact) mass is 409 g/mol. The van der Waals surface area contributed by atoms with Crippen molar-refractivity contribution in [2.24, 2.45) is 0 Å². The molecule has 2 atom stereocenters. The second kappa shape index (κ2) is 10.0. The van der Waals surface area contributed by atoms with Gasteiger partial charge in [-0.05, 0) is 24.0 Å². The van der Waals surface area contributed by atoms with E-state index in [1.165, 1.54) is 5.06 Å². The third kappa shape index (κ3) is 4.86. The molecule has 1 saturated heterocycles. The average molecular weight is 409 g/mol. The normalized spacial score (nSPS) is 19.1. The minimum atomic E-state index is -1.26. The van der Waals surface area contributed by atoms with Crippen LogP contribution in [0, 0.1) is 0 Å². The molecular weight excluding hydrogens is 382 g/mol. The molecule has 1 aliphatic heterocycles. The van der Waals surface area contributed by atoms with Gasteiger partial charge in [0.15, 0.2) is 0 Å². The smallest absolute Gasteiger partial charge is 0.321 e. The maximum atomic E-state index is 12.9. The van der Waals surface area contributed by atoms with Crippen LogP contribution in [0.4, 0.5) is 4.79 Å². The van der Waals surface area contributed by atoms with Gasteiger partial charge in [0.2, 0.25) is 6.41 Å². The van der Waals surface area contributed by atoms with E-state index in [0.29, 0.717) is 25.7 Å². The Morgan fingerprint density at radius 1 is 1.03 bits per heavy atom. The van der Waals surface area contributed by atoms with Gasteiger partial charge in [-0.15, -0.1) is 0 Å². The molecule has 7 nitrogen and oxygen atoms in total. The van der Waals surface area contributed by atoms with Crippen molar-refractivity contribution in [1.82, 2.24) is 15.7 Å². The second-order valence-electron chi connectivity index (χ2n) is 7.41. The number of amides is 4. The van der Waals surface area contributed by atoms with E-state index in [-0.39, 0.29) is 6.61 Å². The van der Waals surface area contributed by atoms with Crippen molar-refractivity contribution in [2.75, 3.05) is 0 Å². The lowest BCUT2D eigenvalue weighted by Gasteiger charge is -2.39. The highest BCUT2D eigenvalue weighted by Gasteiger charge is 2.54. The van der Waals surface area contributed by atoms with E-state index in [0.717, 1.165) is 17.5 Å². The first-order chi connectivity index (χ1) is 14.6. The van der Waals surface area contributed by atoms with Crippen LogP contribution in [0.5, 0.6) is 0 Å². The van der Waals surface area contributed by atoms with Gasteiger partial charge in [0.25, 0.3) is 5.91 Å². The minimum Gasteiger partial charge on any atom is -0.321 e. The Labute approximate surface area is 176 Å². The first kappa shape index (κ1) is 21.5. The summed E-state index contributed by atoms with van der Waals surface area (Å²) in [4.78, 5) is 43.0. The number of rotatable bonds is 11. The Balaban J connectivity index is 1.93. The summed E-state index contributed by atoms with van der Waals surface area (Å²) in [5.74, 6) is -0.433. The highest BCUT2D eigenvalue weighted by molar-refractivity contribution is 6.07. The van der Waals surface area contributed by atoms with Gasteiger partial charge in [-0.25, -0.2) is 9.86 Å². The van der Waals surface area contributed by atoms with E-state index in [1.54, 1.807) is 0 Å². The van der Waals surface area contributed by atoms with Crippen LogP contribution in [0.15, 0.2) is 60.7 Å². The molecule has 1 aliphatic rings. The summed E-state index contributed by atoms with van der Waals surface area (Å²) < 4.78 is 0. The van der Waals surface area contributed by atoms with Crippen LogP contribution in [0.3, 0.4) is 0 Å². The predicted octanol–water partition coefficient (Wildman–Crippen LogP) is 2.96. The molecule has 158 valence electrons. The van der Waals surface area contributed by atoms with Gasteiger partial charge in [-0.3, -0.25) is 19.7 Å². The van der Waals surface area contributed by atoms with Crippen molar-refractivity contribution in [3.63, 3.8) is 0 Å². The fraction of sp³-hybridized carbons (Fsp3) is 0.348. The Hall–Kier alpha value is -3.19. The van der Waals surface area contributed by atoms with Gasteiger partial charge >= 0.3 is 6.03 Å². The van der Waals surface area contributed by atoms with E-state index in [2.05, 4.69) is 10.6 Å². The maximum Gasteiger partial charge on any atom is 0.322 e. The molecule has 0 aliphatic carbocycles. The summed E-state index contributed by atoms with van der Waals surface area (Å²) in [6.07, 6.45) is 2.89. The van der Waals surface area contributed by atoms with Crippen molar-refractivity contribution < 1.29 is 19.2 Å². The number of hydrogen-bond donors (Lipinski definition) is 2. The molecule has 0 saturated carbocycles. The molecular formula is C23H27N3O4. The molecule has 0 aromatic heterocycles. The fourth-order valence-electron chi connectivity index (χ4n) is 3.77. The quantitative estimate of drug-likeness (QED) is 0.339. The number of unbranched alkanes of at least 4 members (excludes halogenated alkanes) is 1. The number of nitrogens with zero attached hydrogens (tertiary/aromatic N) is 1. The summed E-state index contributed by atoms with van der Waals surface area (Å²) in [6.45, 7) is 2.18. The molecule has 2 N–H and O–H groups in total. The van der Waals surface area contributed by atoms with E-state index in [1.807, 2.05) is 67.6 Å². The fourth-order valence-corrected chi connectivity index (χ4v) is 3.77. The number of hydrogen-bond acceptors (Lipinski definition) is 4. The lowest BCUT2D eigenvalue weighted by atomic mass is 9.81. The highest BCUT2D eigenvalue weighted by Crippen LogP contribution is 2.29. The van der Waals surface area contributed by atoms with E-state index >= 15 is 0 Å². The van der Waals surface area contributed by atoms with Gasteiger partial charge in [0, 0.05) is 0 Å². The van der Waals surface area contributed by atoms with Gasteiger partial charge < -0.3 is 5.32 Å². The Morgan fingerprint density at radius 3 is 2.20 bits per heavy atom. The van der Waals surface area contributed by atoms with Crippen LogP contribution in [0.1, 0.15) is 37.3 Å². The van der Waals surface area contributed by atoms with Crippen molar-refractivity contribution in [3.05, 3.63) is 71.8 Å². The molecule has 1 heterocycles. The Morgan fingerprint density at radius 2 is 1.67 bits per heavy atom. The van der Waals surface area contributed by atoms with Crippen LogP contribution >= 0.6 is 0 Å². The topological polar surface area (TPSA) is 87.7 Å². The van der Waals surface area contributed by atoms with Crippen LogP contribution < -0.4 is 10.6 Å². The van der Waals surface area contributed by atoms with Gasteiger partial charge in [-0.2, -0.15) is 0 Å². The standard InChI is InChI=1S/C23H27N3O4/c1-2-3-14-23(21(28)24-22(29)25-23)20(15-18-10-6-4-7-11-18)26(17-27)30-16-19-12-8-5-9-13-19/h4-13,17,20H,2-3,14-16H2,1H3,(H2,24,25,28,29)/t20-,23?/m0/s1. The highest BCUT2D eigenvalue weighted by atomic mass is 16.7. The number of carbonyl (C=O) groups is 3. The number of hydroxylamine groups is 2. The second-order valence-corrected chi connectivity index (χ2v) is 7.41. The van der Waals surface area contributed by atoms with Crippen LogP contribution in [-0.4, -0.2) is 35.0 Å². The zero-order valence-electron chi connectivity index (χ0n) is 17.0. The van der Waals surface area contributed by atoms with Crippen molar-refractivity contribution in [3.8, 4) is 0 Å². The molecule has 1 fully saturated rings. The molecule has 3 rings (SSSR count). The molecule has 0 spiro atoms. The maximum absolute atomic E-state index is 12.9. The third-order valence-corrected chi connectivity index (χ3v) is 5.37. The predicted molar refractivity (Wildman–Crippen MR) is 112 cm³/mol. The average Bonchev–Trinajstić information content (AvgIpc) is 3.07. The van der Waals surface area contributed by atoms with Crippen LogP contribution in [-0.2, 0) is 27.5 Å². The number of benzene rings is 2. The molecule has 0 radical (unpaired) electrons. The van der Waals surface area contributed by atoms with Crippen LogP contribution in [0.2, 0.25) is 0 Å². The van der Waals surface area contributed by atoms with E-state index < -0.39 is 23.5 Å². The number of imide groups is 1. The van der Waals surface area contributed by atoms with Gasteiger partial charge in [-0.1, -0.05) is 80.4 Å². The van der Waals surface area contributed by atoms with E-state index in [9.17, 15) is 14.4 Å². The molecule has 7 heteroatoms. The SMILES string of the molecule is CCCCC1([C@H](Cc2ccccc2)N(C=O)OCc2ccccc2)NC(=O)NC1=O. The summed E-state index contributed by atoms with van der Waals surface area (Å²) in [7, 11) is 0. The molecule has 2 aromatic carbocycles. The lowest BCUT2D eigenvalue weighted by Crippen LogP contribution is -2.63. The lowest BCUT2D eigenvalue weighted by molar-refractivity contribution is -0.202. The van der Waals surface area contributed by atoms with Gasteiger partial charge in [0.05, 0.1) is 6.04 Å². The zero-order valence-corrected chi connectivity index (χ0v) is 17.0. The summed E-state index contributed by atoms with van der Waals surface area (Å²) >= 11 is 0. The van der Waals surface area contributed by atoms with Crippen molar-refractivity contribution >= 4 is 18.3 Å². The number of nitrogens with one attached hydrogen (secondary N) is 2. The summed E-state index contributed by atoms with van der Waals surface area (Å²) in [5.41, 5.74) is 0.563. The van der Waals surface area contributed by atoms with Crippen molar-refractivity contribution in [1.29, 1.82) is 0 Å². The van der Waals surface area contributed by atoms with E-state index in [4.69, 9.17) is 4.84 Å². The van der Waals surface area contributed by atoms with Crippen LogP contribution in [0.25, 0.3) is 0 Å². The Kier molecular flexibility index (Phi) is 7.19. The van der Waals surface area contributed by atoms with Crippen molar-refractivity contribution in [2.45, 2.75) is 50.8 Å². The number of carbonyl (C=O) groups excluding carboxylic acids is 3. The molecule has 2 aromatic rings. The first-order valence-electron chi connectivity index (χ1n) is 10.2. The largest absolute Gasteiger partial charge is 0.322 e. The summed E-state index contributed by atoms with van der Waals surface area (Å²) in [5, 5.41) is 6.34. The molecule has 0 bridgehead atoms.